The van der Waals surface area contributed by atoms with Crippen molar-refractivity contribution in [2.45, 2.75) is 12.5 Å². The number of carbonyl (C=O) groups excluding carboxylic acids is 1. The normalized spacial score (nSPS) is 19.9. The molecular weight excluding hydrogens is 244 g/mol. The van der Waals surface area contributed by atoms with Crippen molar-refractivity contribution in [2.75, 3.05) is 25.0 Å². The highest BCUT2D eigenvalue weighted by Gasteiger charge is 2.17. The first-order chi connectivity index (χ1) is 8.24. The molecule has 0 radical (unpaired) electrons. The Morgan fingerprint density at radius 3 is 3.29 bits per heavy atom. The summed E-state index contributed by atoms with van der Waals surface area (Å²) in [6.45, 7) is 2.14. The molecule has 92 valence electrons. The fourth-order valence-corrected chi connectivity index (χ4v) is 1.67. The minimum atomic E-state index is -0.180. The summed E-state index contributed by atoms with van der Waals surface area (Å²) in [5.74, 6) is 0.0345. The Labute approximate surface area is 104 Å². The number of aromatic nitrogens is 2. The lowest BCUT2D eigenvalue weighted by Crippen LogP contribution is -2.40. The van der Waals surface area contributed by atoms with Crippen LogP contribution in [0.25, 0.3) is 0 Å². The van der Waals surface area contributed by atoms with Gasteiger partial charge < -0.3 is 10.1 Å². The van der Waals surface area contributed by atoms with Gasteiger partial charge in [-0.25, -0.2) is 9.97 Å². The molecule has 0 spiro atoms. The van der Waals surface area contributed by atoms with Crippen molar-refractivity contribution in [3.05, 3.63) is 17.4 Å². The maximum absolute atomic E-state index is 11.7. The van der Waals surface area contributed by atoms with Crippen molar-refractivity contribution in [1.82, 2.24) is 15.3 Å². The highest BCUT2D eigenvalue weighted by atomic mass is 35.5. The number of morpholine rings is 1. The van der Waals surface area contributed by atoms with Gasteiger partial charge >= 0.3 is 0 Å². The molecule has 1 aromatic rings. The molecule has 0 aromatic carbocycles. The first-order valence-electron chi connectivity index (χ1n) is 5.35. The van der Waals surface area contributed by atoms with Crippen molar-refractivity contribution >= 4 is 23.5 Å². The van der Waals surface area contributed by atoms with Gasteiger partial charge in [0.15, 0.2) is 0 Å². The summed E-state index contributed by atoms with van der Waals surface area (Å²) in [7, 11) is 0. The summed E-state index contributed by atoms with van der Waals surface area (Å²) >= 11 is 5.68. The van der Waals surface area contributed by atoms with Crippen LogP contribution in [-0.4, -0.2) is 41.7 Å². The van der Waals surface area contributed by atoms with Crippen LogP contribution in [0, 0.1) is 0 Å². The van der Waals surface area contributed by atoms with E-state index < -0.39 is 0 Å². The van der Waals surface area contributed by atoms with Crippen LogP contribution in [0.4, 0.5) is 5.95 Å². The van der Waals surface area contributed by atoms with E-state index in [0.29, 0.717) is 18.3 Å². The molecule has 1 unspecified atom stereocenters. The summed E-state index contributed by atoms with van der Waals surface area (Å²) in [5, 5.41) is 6.03. The van der Waals surface area contributed by atoms with Gasteiger partial charge in [-0.3, -0.25) is 10.1 Å². The number of anilines is 1. The third-order valence-corrected chi connectivity index (χ3v) is 2.50. The fourth-order valence-electron chi connectivity index (χ4n) is 1.53. The number of halogens is 1. The highest BCUT2D eigenvalue weighted by Crippen LogP contribution is 2.07. The van der Waals surface area contributed by atoms with Crippen LogP contribution in [0.2, 0.25) is 5.15 Å². The van der Waals surface area contributed by atoms with E-state index >= 15 is 0 Å². The second-order valence-electron chi connectivity index (χ2n) is 3.65. The Hall–Kier alpha value is -1.24. The third-order valence-electron chi connectivity index (χ3n) is 2.29. The molecule has 2 heterocycles. The molecule has 1 amide bonds. The Kier molecular flexibility index (Phi) is 4.24. The molecule has 1 aromatic heterocycles. The number of carbonyl (C=O) groups is 1. The van der Waals surface area contributed by atoms with Crippen LogP contribution in [0.1, 0.15) is 6.42 Å². The van der Waals surface area contributed by atoms with Gasteiger partial charge in [0.2, 0.25) is 11.9 Å². The molecular formula is C10H13ClN4O2. The van der Waals surface area contributed by atoms with Crippen LogP contribution in [0.5, 0.6) is 0 Å². The number of nitrogens with one attached hydrogen (secondary N) is 2. The minimum absolute atomic E-state index is 0.0945. The SMILES string of the molecule is O=C(CC1CNCCO1)Nc1nccc(Cl)n1. The molecule has 17 heavy (non-hydrogen) atoms. The minimum Gasteiger partial charge on any atom is -0.375 e. The molecule has 0 aliphatic carbocycles. The Morgan fingerprint density at radius 1 is 1.71 bits per heavy atom. The maximum atomic E-state index is 11.7. The van der Waals surface area contributed by atoms with E-state index in [0.717, 1.165) is 6.54 Å². The first kappa shape index (κ1) is 12.2. The molecule has 1 aliphatic heterocycles. The standard InChI is InChI=1S/C10H13ClN4O2/c11-8-1-2-13-10(14-8)15-9(16)5-7-6-12-3-4-17-7/h1-2,7,12H,3-6H2,(H,13,14,15,16). The zero-order valence-corrected chi connectivity index (χ0v) is 9.91. The Bertz CT molecular complexity index is 396. The molecule has 7 heteroatoms. The number of ether oxygens (including phenoxy) is 1. The zero-order chi connectivity index (χ0) is 12.1. The smallest absolute Gasteiger partial charge is 0.230 e. The van der Waals surface area contributed by atoms with Crippen LogP contribution in [0.3, 0.4) is 0 Å². The first-order valence-corrected chi connectivity index (χ1v) is 5.72. The van der Waals surface area contributed by atoms with Gasteiger partial charge in [-0.15, -0.1) is 0 Å². The van der Waals surface area contributed by atoms with Crippen molar-refractivity contribution < 1.29 is 9.53 Å². The topological polar surface area (TPSA) is 76.1 Å². The van der Waals surface area contributed by atoms with Crippen molar-refractivity contribution in [3.63, 3.8) is 0 Å². The number of rotatable bonds is 3. The summed E-state index contributed by atoms with van der Waals surface area (Å²) in [5.41, 5.74) is 0. The lowest BCUT2D eigenvalue weighted by Gasteiger charge is -2.22. The number of amides is 1. The van der Waals surface area contributed by atoms with Crippen LogP contribution >= 0.6 is 11.6 Å². The number of hydrogen-bond acceptors (Lipinski definition) is 5. The van der Waals surface area contributed by atoms with E-state index in [9.17, 15) is 4.79 Å². The van der Waals surface area contributed by atoms with Crippen LogP contribution < -0.4 is 10.6 Å². The van der Waals surface area contributed by atoms with E-state index in [1.165, 1.54) is 6.20 Å². The Balaban J connectivity index is 1.84. The van der Waals surface area contributed by atoms with E-state index in [1.54, 1.807) is 6.07 Å². The number of nitrogens with zero attached hydrogens (tertiary/aromatic N) is 2. The maximum Gasteiger partial charge on any atom is 0.230 e. The van der Waals surface area contributed by atoms with Gasteiger partial charge in [-0.05, 0) is 6.07 Å². The van der Waals surface area contributed by atoms with Gasteiger partial charge in [0.1, 0.15) is 5.15 Å². The zero-order valence-electron chi connectivity index (χ0n) is 9.15. The molecule has 0 bridgehead atoms. The van der Waals surface area contributed by atoms with Gasteiger partial charge in [0.25, 0.3) is 0 Å². The Morgan fingerprint density at radius 2 is 2.59 bits per heavy atom. The summed E-state index contributed by atoms with van der Waals surface area (Å²) < 4.78 is 5.42. The second-order valence-corrected chi connectivity index (χ2v) is 4.04. The highest BCUT2D eigenvalue weighted by molar-refractivity contribution is 6.29. The molecule has 6 nitrogen and oxygen atoms in total. The summed E-state index contributed by atoms with van der Waals surface area (Å²) in [4.78, 5) is 19.4. The monoisotopic (exact) mass is 256 g/mol. The van der Waals surface area contributed by atoms with Gasteiger partial charge in [0, 0.05) is 19.3 Å². The van der Waals surface area contributed by atoms with Crippen LogP contribution in [-0.2, 0) is 9.53 Å². The van der Waals surface area contributed by atoms with Crippen LogP contribution in [0.15, 0.2) is 12.3 Å². The van der Waals surface area contributed by atoms with E-state index in [-0.39, 0.29) is 24.4 Å². The average molecular weight is 257 g/mol. The molecule has 0 saturated carbocycles. The van der Waals surface area contributed by atoms with E-state index in [2.05, 4.69) is 20.6 Å². The molecule has 2 rings (SSSR count). The van der Waals surface area contributed by atoms with Gasteiger partial charge in [-0.2, -0.15) is 0 Å². The largest absolute Gasteiger partial charge is 0.375 e. The predicted molar refractivity (Wildman–Crippen MR) is 62.9 cm³/mol. The second kappa shape index (κ2) is 5.90. The fraction of sp³-hybridized carbons (Fsp3) is 0.500. The molecule has 1 atom stereocenters. The van der Waals surface area contributed by atoms with Crippen molar-refractivity contribution in [2.24, 2.45) is 0 Å². The predicted octanol–water partition coefficient (Wildman–Crippen LogP) is 0.447. The average Bonchev–Trinajstić information content (AvgIpc) is 2.30. The van der Waals surface area contributed by atoms with Crippen molar-refractivity contribution in [1.29, 1.82) is 0 Å². The summed E-state index contributed by atoms with van der Waals surface area (Å²) in [6.07, 6.45) is 1.68. The van der Waals surface area contributed by atoms with Gasteiger partial charge in [0.05, 0.1) is 19.1 Å². The molecule has 1 fully saturated rings. The third kappa shape index (κ3) is 3.92. The van der Waals surface area contributed by atoms with E-state index in [4.69, 9.17) is 16.3 Å². The van der Waals surface area contributed by atoms with Gasteiger partial charge in [-0.1, -0.05) is 11.6 Å². The molecule has 2 N–H and O–H groups in total. The number of hydrogen-bond donors (Lipinski definition) is 2. The molecule has 1 aliphatic rings. The summed E-state index contributed by atoms with van der Waals surface area (Å²) in [6, 6.07) is 1.55. The van der Waals surface area contributed by atoms with Crippen molar-refractivity contribution in [3.8, 4) is 0 Å². The lowest BCUT2D eigenvalue weighted by atomic mass is 10.2. The quantitative estimate of drug-likeness (QED) is 0.768. The lowest BCUT2D eigenvalue weighted by molar-refractivity contribution is -0.119. The molecule has 1 saturated heterocycles. The van der Waals surface area contributed by atoms with E-state index in [1.807, 2.05) is 0 Å².